The average molecular weight is 137 g/mol. The SMILES string of the molecule is NOC1CS(=O)(=O)C1. The molecule has 1 saturated heterocycles. The van der Waals surface area contributed by atoms with Gasteiger partial charge in [0, 0.05) is 0 Å². The van der Waals surface area contributed by atoms with Gasteiger partial charge in [0.15, 0.2) is 9.84 Å². The van der Waals surface area contributed by atoms with Gasteiger partial charge in [-0.15, -0.1) is 0 Å². The predicted molar refractivity (Wildman–Crippen MR) is 27.7 cm³/mol. The first kappa shape index (κ1) is 6.00. The molecular formula is C3H7NO3S. The van der Waals surface area contributed by atoms with Crippen LogP contribution in [0.1, 0.15) is 0 Å². The van der Waals surface area contributed by atoms with Crippen LogP contribution in [0.4, 0.5) is 0 Å². The fourth-order valence-corrected chi connectivity index (χ4v) is 1.79. The molecule has 0 radical (unpaired) electrons. The Labute approximate surface area is 47.5 Å². The Hall–Kier alpha value is -0.130. The lowest BCUT2D eigenvalue weighted by molar-refractivity contribution is 0.0741. The monoisotopic (exact) mass is 137 g/mol. The summed E-state index contributed by atoms with van der Waals surface area (Å²) in [6.07, 6.45) is -0.250. The molecule has 1 fully saturated rings. The Bertz CT molecular complexity index is 161. The van der Waals surface area contributed by atoms with E-state index in [1.807, 2.05) is 0 Å². The quantitative estimate of drug-likeness (QED) is 0.455. The van der Waals surface area contributed by atoms with E-state index in [1.165, 1.54) is 0 Å². The van der Waals surface area contributed by atoms with Crippen molar-refractivity contribution in [1.29, 1.82) is 0 Å². The Morgan fingerprint density at radius 3 is 2.12 bits per heavy atom. The van der Waals surface area contributed by atoms with Crippen LogP contribution in [0.2, 0.25) is 0 Å². The first-order valence-corrected chi connectivity index (χ1v) is 4.02. The minimum atomic E-state index is -2.75. The molecule has 0 aromatic heterocycles. The molecule has 8 heavy (non-hydrogen) atoms. The van der Waals surface area contributed by atoms with E-state index in [1.54, 1.807) is 0 Å². The molecule has 0 unspecified atom stereocenters. The number of hydrogen-bond acceptors (Lipinski definition) is 4. The van der Waals surface area contributed by atoms with Crippen LogP contribution in [-0.4, -0.2) is 26.0 Å². The molecule has 0 aromatic rings. The van der Waals surface area contributed by atoms with Crippen LogP contribution in [0.25, 0.3) is 0 Å². The van der Waals surface area contributed by atoms with Crippen molar-refractivity contribution in [2.24, 2.45) is 5.90 Å². The van der Waals surface area contributed by atoms with Crippen LogP contribution < -0.4 is 5.90 Å². The lowest BCUT2D eigenvalue weighted by atomic mass is 10.5. The van der Waals surface area contributed by atoms with E-state index in [-0.39, 0.29) is 17.6 Å². The van der Waals surface area contributed by atoms with E-state index in [4.69, 9.17) is 5.90 Å². The van der Waals surface area contributed by atoms with Crippen LogP contribution >= 0.6 is 0 Å². The second-order valence-electron chi connectivity index (χ2n) is 1.83. The standard InChI is InChI=1S/C3H7NO3S/c4-7-3-1-8(5,6)2-3/h3H,1-2,4H2. The minimum Gasteiger partial charge on any atom is -0.299 e. The predicted octanol–water partition coefficient (Wildman–Crippen LogP) is -1.33. The number of sulfone groups is 1. The summed E-state index contributed by atoms with van der Waals surface area (Å²) in [5, 5.41) is 0. The van der Waals surface area contributed by atoms with Gasteiger partial charge in [-0.25, -0.2) is 14.3 Å². The molecule has 1 heterocycles. The molecule has 48 valence electrons. The lowest BCUT2D eigenvalue weighted by Crippen LogP contribution is -2.44. The van der Waals surface area contributed by atoms with Gasteiger partial charge in [-0.3, -0.25) is 4.84 Å². The maximum absolute atomic E-state index is 10.3. The first-order valence-electron chi connectivity index (χ1n) is 2.20. The Balaban J connectivity index is 2.43. The lowest BCUT2D eigenvalue weighted by Gasteiger charge is -2.22. The van der Waals surface area contributed by atoms with Crippen molar-refractivity contribution >= 4 is 9.84 Å². The van der Waals surface area contributed by atoms with E-state index in [2.05, 4.69) is 4.84 Å². The van der Waals surface area contributed by atoms with Crippen molar-refractivity contribution in [3.05, 3.63) is 0 Å². The zero-order chi connectivity index (χ0) is 6.20. The van der Waals surface area contributed by atoms with Crippen molar-refractivity contribution < 1.29 is 13.3 Å². The van der Waals surface area contributed by atoms with E-state index < -0.39 is 9.84 Å². The van der Waals surface area contributed by atoms with E-state index >= 15 is 0 Å². The normalized spacial score (nSPS) is 27.1. The summed E-state index contributed by atoms with van der Waals surface area (Å²) in [4.78, 5) is 4.24. The summed E-state index contributed by atoms with van der Waals surface area (Å²) >= 11 is 0. The van der Waals surface area contributed by atoms with Gasteiger partial charge in [-0.05, 0) is 0 Å². The second kappa shape index (κ2) is 1.68. The van der Waals surface area contributed by atoms with Gasteiger partial charge in [0.1, 0.15) is 6.10 Å². The van der Waals surface area contributed by atoms with Gasteiger partial charge in [-0.2, -0.15) is 0 Å². The van der Waals surface area contributed by atoms with E-state index in [9.17, 15) is 8.42 Å². The van der Waals surface area contributed by atoms with Crippen LogP contribution in [0, 0.1) is 0 Å². The highest BCUT2D eigenvalue weighted by molar-refractivity contribution is 7.92. The summed E-state index contributed by atoms with van der Waals surface area (Å²) in [6.45, 7) is 0. The highest BCUT2D eigenvalue weighted by atomic mass is 32.2. The van der Waals surface area contributed by atoms with Crippen molar-refractivity contribution in [3.63, 3.8) is 0 Å². The molecule has 1 aliphatic rings. The number of rotatable bonds is 1. The molecule has 5 heteroatoms. The summed E-state index contributed by atoms with van der Waals surface area (Å²) in [5.41, 5.74) is 0. The number of hydrogen-bond donors (Lipinski definition) is 1. The smallest absolute Gasteiger partial charge is 0.155 e. The molecule has 0 aromatic carbocycles. The minimum absolute atomic E-state index is 0.0868. The van der Waals surface area contributed by atoms with Crippen molar-refractivity contribution in [3.8, 4) is 0 Å². The highest BCUT2D eigenvalue weighted by Crippen LogP contribution is 2.11. The molecule has 0 atom stereocenters. The van der Waals surface area contributed by atoms with Crippen LogP contribution in [0.5, 0.6) is 0 Å². The molecule has 0 saturated carbocycles. The fraction of sp³-hybridized carbons (Fsp3) is 1.00. The molecule has 0 aliphatic carbocycles. The topological polar surface area (TPSA) is 69.4 Å². The third-order valence-corrected chi connectivity index (χ3v) is 2.83. The molecule has 1 rings (SSSR count). The Kier molecular flexibility index (Phi) is 1.26. The zero-order valence-electron chi connectivity index (χ0n) is 4.20. The average Bonchev–Trinajstić information content (AvgIpc) is 1.60. The number of nitrogens with two attached hydrogens (primary N) is 1. The third kappa shape index (κ3) is 0.988. The third-order valence-electron chi connectivity index (χ3n) is 1.07. The molecule has 0 bridgehead atoms. The second-order valence-corrected chi connectivity index (χ2v) is 3.99. The summed E-state index contributed by atoms with van der Waals surface area (Å²) in [5.74, 6) is 4.86. The van der Waals surface area contributed by atoms with Crippen LogP contribution in [0.15, 0.2) is 0 Å². The van der Waals surface area contributed by atoms with Crippen molar-refractivity contribution in [1.82, 2.24) is 0 Å². The zero-order valence-corrected chi connectivity index (χ0v) is 5.02. The molecule has 4 nitrogen and oxygen atoms in total. The van der Waals surface area contributed by atoms with Crippen molar-refractivity contribution in [2.75, 3.05) is 11.5 Å². The van der Waals surface area contributed by atoms with Gasteiger partial charge in [-0.1, -0.05) is 0 Å². The molecule has 0 spiro atoms. The fourth-order valence-electron chi connectivity index (χ4n) is 0.596. The maximum Gasteiger partial charge on any atom is 0.155 e. The van der Waals surface area contributed by atoms with Gasteiger partial charge in [0.25, 0.3) is 0 Å². The highest BCUT2D eigenvalue weighted by Gasteiger charge is 2.33. The molecule has 0 amide bonds. The van der Waals surface area contributed by atoms with Gasteiger partial charge >= 0.3 is 0 Å². The first-order chi connectivity index (χ1) is 3.64. The maximum atomic E-state index is 10.3. The Morgan fingerprint density at radius 2 is 2.00 bits per heavy atom. The van der Waals surface area contributed by atoms with Crippen molar-refractivity contribution in [2.45, 2.75) is 6.10 Å². The van der Waals surface area contributed by atoms with Gasteiger partial charge in [0.2, 0.25) is 0 Å². The van der Waals surface area contributed by atoms with Crippen LogP contribution in [-0.2, 0) is 14.7 Å². The summed E-state index contributed by atoms with van der Waals surface area (Å²) < 4.78 is 20.6. The Morgan fingerprint density at radius 1 is 1.50 bits per heavy atom. The van der Waals surface area contributed by atoms with Crippen LogP contribution in [0.3, 0.4) is 0 Å². The largest absolute Gasteiger partial charge is 0.299 e. The van der Waals surface area contributed by atoms with Gasteiger partial charge < -0.3 is 0 Å². The van der Waals surface area contributed by atoms with E-state index in [0.29, 0.717) is 0 Å². The molecule has 2 N–H and O–H groups in total. The molecule has 1 aliphatic heterocycles. The molecular weight excluding hydrogens is 130 g/mol. The van der Waals surface area contributed by atoms with E-state index in [0.717, 1.165) is 0 Å². The van der Waals surface area contributed by atoms with Gasteiger partial charge in [0.05, 0.1) is 11.5 Å². The summed E-state index contributed by atoms with van der Waals surface area (Å²) in [6, 6.07) is 0. The summed E-state index contributed by atoms with van der Waals surface area (Å²) in [7, 11) is -2.75.